The van der Waals surface area contributed by atoms with Crippen molar-refractivity contribution in [2.24, 2.45) is 0 Å². The summed E-state index contributed by atoms with van der Waals surface area (Å²) in [6, 6.07) is 16.2. The molecule has 0 aliphatic rings. The second-order valence-corrected chi connectivity index (χ2v) is 6.41. The Hall–Kier alpha value is -3.25. The number of ether oxygens (including phenoxy) is 2. The summed E-state index contributed by atoms with van der Waals surface area (Å²) in [6.07, 6.45) is 1.88. The Labute approximate surface area is 168 Å². The fraction of sp³-hybridized carbons (Fsp3) is 0.143. The van der Waals surface area contributed by atoms with E-state index in [2.05, 4.69) is 15.6 Å². The number of carbonyl (C=O) groups is 1. The molecule has 0 aliphatic heterocycles. The molecule has 1 aromatic heterocycles. The highest BCUT2D eigenvalue weighted by Crippen LogP contribution is 2.30. The number of nitrogens with one attached hydrogen (secondary N) is 2. The van der Waals surface area contributed by atoms with Gasteiger partial charge in [-0.1, -0.05) is 23.7 Å². The van der Waals surface area contributed by atoms with Crippen LogP contribution in [-0.2, 0) is 11.2 Å². The van der Waals surface area contributed by atoms with Crippen LogP contribution in [0.25, 0.3) is 0 Å². The number of pyridine rings is 1. The summed E-state index contributed by atoms with van der Waals surface area (Å²) in [4.78, 5) is 16.5. The molecule has 28 heavy (non-hydrogen) atoms. The zero-order valence-electron chi connectivity index (χ0n) is 15.5. The topological polar surface area (TPSA) is 72.5 Å². The molecule has 144 valence electrons. The average Bonchev–Trinajstić information content (AvgIpc) is 2.70. The largest absolute Gasteiger partial charge is 0.497 e. The molecule has 0 radical (unpaired) electrons. The van der Waals surface area contributed by atoms with E-state index in [4.69, 9.17) is 21.1 Å². The number of benzene rings is 2. The Morgan fingerprint density at radius 3 is 2.46 bits per heavy atom. The number of hydrogen-bond donors (Lipinski definition) is 2. The van der Waals surface area contributed by atoms with Gasteiger partial charge in [0.25, 0.3) is 0 Å². The molecule has 0 spiro atoms. The van der Waals surface area contributed by atoms with E-state index < -0.39 is 0 Å². The number of amides is 1. The summed E-state index contributed by atoms with van der Waals surface area (Å²) < 4.78 is 10.4. The van der Waals surface area contributed by atoms with Crippen LogP contribution < -0.4 is 20.1 Å². The van der Waals surface area contributed by atoms with Gasteiger partial charge >= 0.3 is 0 Å². The van der Waals surface area contributed by atoms with Gasteiger partial charge < -0.3 is 20.1 Å². The van der Waals surface area contributed by atoms with Gasteiger partial charge in [-0.2, -0.15) is 0 Å². The zero-order chi connectivity index (χ0) is 19.9. The van der Waals surface area contributed by atoms with E-state index in [0.717, 1.165) is 22.7 Å². The summed E-state index contributed by atoms with van der Waals surface area (Å²) in [5.41, 5.74) is 2.37. The minimum Gasteiger partial charge on any atom is -0.497 e. The maximum atomic E-state index is 12.2. The molecule has 3 rings (SSSR count). The Kier molecular flexibility index (Phi) is 6.34. The lowest BCUT2D eigenvalue weighted by atomic mass is 10.1. The van der Waals surface area contributed by atoms with Crippen molar-refractivity contribution in [3.05, 3.63) is 71.4 Å². The number of methoxy groups -OCH3 is 2. The van der Waals surface area contributed by atoms with Gasteiger partial charge in [0.2, 0.25) is 5.91 Å². The lowest BCUT2D eigenvalue weighted by Gasteiger charge is -2.12. The number of carbonyl (C=O) groups excluding carboxylic acids is 1. The van der Waals surface area contributed by atoms with Crippen molar-refractivity contribution in [1.82, 2.24) is 4.98 Å². The third-order valence-corrected chi connectivity index (χ3v) is 4.23. The van der Waals surface area contributed by atoms with Crippen molar-refractivity contribution in [2.75, 3.05) is 24.9 Å². The van der Waals surface area contributed by atoms with Crippen LogP contribution in [0.3, 0.4) is 0 Å². The van der Waals surface area contributed by atoms with Crippen LogP contribution in [0.15, 0.2) is 60.8 Å². The molecule has 0 saturated carbocycles. The van der Waals surface area contributed by atoms with Gasteiger partial charge in [0.05, 0.1) is 38.2 Å². The molecule has 0 aliphatic carbocycles. The summed E-state index contributed by atoms with van der Waals surface area (Å²) in [7, 11) is 3.20. The lowest BCUT2D eigenvalue weighted by molar-refractivity contribution is -0.115. The molecular formula is C21H20ClN3O3. The van der Waals surface area contributed by atoms with Gasteiger partial charge in [0.1, 0.15) is 17.3 Å². The highest BCUT2D eigenvalue weighted by atomic mass is 35.5. The van der Waals surface area contributed by atoms with Crippen molar-refractivity contribution in [1.29, 1.82) is 0 Å². The molecule has 1 heterocycles. The second kappa shape index (κ2) is 9.10. The van der Waals surface area contributed by atoms with Crippen molar-refractivity contribution in [3.63, 3.8) is 0 Å². The predicted molar refractivity (Wildman–Crippen MR) is 111 cm³/mol. The SMILES string of the molecule is COc1ccc(CC(=O)Nc2ccc(Nc3cc(Cl)ccc3OC)cn2)cc1. The maximum absolute atomic E-state index is 12.2. The van der Waals surface area contributed by atoms with Crippen LogP contribution in [0.4, 0.5) is 17.2 Å². The first-order chi connectivity index (χ1) is 13.6. The fourth-order valence-corrected chi connectivity index (χ4v) is 2.76. The molecule has 0 atom stereocenters. The van der Waals surface area contributed by atoms with Gasteiger partial charge in [-0.15, -0.1) is 0 Å². The maximum Gasteiger partial charge on any atom is 0.229 e. The standard InChI is InChI=1S/C21H20ClN3O3/c1-27-17-7-3-14(4-8-17)11-21(26)25-20-10-6-16(13-23-20)24-18-12-15(22)5-9-19(18)28-2/h3-10,12-13,24H,11H2,1-2H3,(H,23,25,26). The molecule has 6 nitrogen and oxygen atoms in total. The van der Waals surface area contributed by atoms with E-state index in [-0.39, 0.29) is 12.3 Å². The lowest BCUT2D eigenvalue weighted by Crippen LogP contribution is -2.15. The first-order valence-corrected chi connectivity index (χ1v) is 8.94. The summed E-state index contributed by atoms with van der Waals surface area (Å²) in [6.45, 7) is 0. The van der Waals surface area contributed by atoms with Gasteiger partial charge in [-0.3, -0.25) is 4.79 Å². The first kappa shape index (κ1) is 19.5. The first-order valence-electron chi connectivity index (χ1n) is 8.57. The molecule has 1 amide bonds. The average molecular weight is 398 g/mol. The Morgan fingerprint density at radius 1 is 1.04 bits per heavy atom. The fourth-order valence-electron chi connectivity index (χ4n) is 2.59. The van der Waals surface area contributed by atoms with Crippen molar-refractivity contribution >= 4 is 34.7 Å². The number of hydrogen-bond acceptors (Lipinski definition) is 5. The molecule has 3 aromatic rings. The molecule has 0 saturated heterocycles. The minimum atomic E-state index is -0.144. The quantitative estimate of drug-likeness (QED) is 0.605. The third kappa shape index (κ3) is 5.14. The molecular weight excluding hydrogens is 378 g/mol. The van der Waals surface area contributed by atoms with E-state index in [1.165, 1.54) is 0 Å². The van der Waals surface area contributed by atoms with E-state index in [9.17, 15) is 4.79 Å². The van der Waals surface area contributed by atoms with Crippen LogP contribution >= 0.6 is 11.6 Å². The highest BCUT2D eigenvalue weighted by Gasteiger charge is 2.07. The van der Waals surface area contributed by atoms with Gasteiger partial charge in [-0.05, 0) is 48.0 Å². The van der Waals surface area contributed by atoms with Crippen molar-refractivity contribution in [3.8, 4) is 11.5 Å². The molecule has 0 unspecified atom stereocenters. The van der Waals surface area contributed by atoms with E-state index in [0.29, 0.717) is 16.6 Å². The summed E-state index contributed by atoms with van der Waals surface area (Å²) in [5, 5.41) is 6.58. The van der Waals surface area contributed by atoms with Gasteiger partial charge in [0.15, 0.2) is 0 Å². The smallest absolute Gasteiger partial charge is 0.229 e. The van der Waals surface area contributed by atoms with Crippen LogP contribution in [0.2, 0.25) is 5.02 Å². The van der Waals surface area contributed by atoms with Crippen LogP contribution in [0, 0.1) is 0 Å². The zero-order valence-corrected chi connectivity index (χ0v) is 16.3. The van der Waals surface area contributed by atoms with E-state index >= 15 is 0 Å². The predicted octanol–water partition coefficient (Wildman–Crippen LogP) is 4.68. The molecule has 2 aromatic carbocycles. The molecule has 0 fully saturated rings. The Morgan fingerprint density at radius 2 is 1.82 bits per heavy atom. The summed E-state index contributed by atoms with van der Waals surface area (Å²) >= 11 is 6.04. The van der Waals surface area contributed by atoms with Crippen molar-refractivity contribution in [2.45, 2.75) is 6.42 Å². The van der Waals surface area contributed by atoms with Gasteiger partial charge in [-0.25, -0.2) is 4.98 Å². The number of halogens is 1. The number of anilines is 3. The normalized spacial score (nSPS) is 10.2. The molecule has 2 N–H and O–H groups in total. The number of nitrogens with zero attached hydrogens (tertiary/aromatic N) is 1. The Bertz CT molecular complexity index is 944. The van der Waals surface area contributed by atoms with Gasteiger partial charge in [0, 0.05) is 5.02 Å². The van der Waals surface area contributed by atoms with Crippen LogP contribution in [-0.4, -0.2) is 25.1 Å². The highest BCUT2D eigenvalue weighted by molar-refractivity contribution is 6.31. The monoisotopic (exact) mass is 397 g/mol. The van der Waals surface area contributed by atoms with E-state index in [1.54, 1.807) is 44.7 Å². The molecule has 0 bridgehead atoms. The van der Waals surface area contributed by atoms with E-state index in [1.807, 2.05) is 30.3 Å². The minimum absolute atomic E-state index is 0.144. The van der Waals surface area contributed by atoms with Crippen LogP contribution in [0.5, 0.6) is 11.5 Å². The number of rotatable bonds is 7. The number of aromatic nitrogens is 1. The third-order valence-electron chi connectivity index (χ3n) is 4.00. The van der Waals surface area contributed by atoms with Crippen molar-refractivity contribution < 1.29 is 14.3 Å². The Balaban J connectivity index is 1.61. The summed E-state index contributed by atoms with van der Waals surface area (Å²) in [5.74, 6) is 1.75. The second-order valence-electron chi connectivity index (χ2n) is 5.97. The van der Waals surface area contributed by atoms with Crippen LogP contribution in [0.1, 0.15) is 5.56 Å². The molecule has 7 heteroatoms.